The van der Waals surface area contributed by atoms with Crippen molar-refractivity contribution in [2.24, 2.45) is 0 Å². The first kappa shape index (κ1) is 19.2. The molecule has 6 nitrogen and oxygen atoms in total. The van der Waals surface area contributed by atoms with Crippen LogP contribution in [0.4, 0.5) is 5.69 Å². The van der Waals surface area contributed by atoms with Gasteiger partial charge in [0.1, 0.15) is 11.5 Å². The fourth-order valence-corrected chi connectivity index (χ4v) is 3.58. The lowest BCUT2D eigenvalue weighted by atomic mass is 10.1. The molecule has 142 valence electrons. The molecule has 0 fully saturated rings. The average Bonchev–Trinajstić information content (AvgIpc) is 2.67. The van der Waals surface area contributed by atoms with Crippen LogP contribution in [-0.4, -0.2) is 24.4 Å². The van der Waals surface area contributed by atoms with Gasteiger partial charge in [-0.05, 0) is 42.5 Å². The number of sulfonamides is 1. The summed E-state index contributed by atoms with van der Waals surface area (Å²) in [6.45, 7) is 0. The predicted octanol–water partition coefficient (Wildman–Crippen LogP) is 3.79. The molecule has 0 bridgehead atoms. The third-order valence-corrected chi connectivity index (χ3v) is 5.26. The van der Waals surface area contributed by atoms with Crippen molar-refractivity contribution < 1.29 is 23.4 Å². The summed E-state index contributed by atoms with van der Waals surface area (Å²) in [5.41, 5.74) is 0.990. The van der Waals surface area contributed by atoms with E-state index in [-0.39, 0.29) is 33.4 Å². The molecule has 3 rings (SSSR count). The van der Waals surface area contributed by atoms with Crippen LogP contribution in [0.25, 0.3) is 6.08 Å². The quantitative estimate of drug-likeness (QED) is 0.435. The SMILES string of the molecule is O=C(/C=C/c1ccccc1O)c1cccc(NS(=O)(=O)c2cccc(O)c2)c1. The normalized spacial score (nSPS) is 11.4. The van der Waals surface area contributed by atoms with Crippen LogP contribution < -0.4 is 4.72 Å². The van der Waals surface area contributed by atoms with Gasteiger partial charge in [0, 0.05) is 22.9 Å². The number of ketones is 1. The Bertz CT molecular complexity index is 1150. The topological polar surface area (TPSA) is 104 Å². The largest absolute Gasteiger partial charge is 0.508 e. The van der Waals surface area contributed by atoms with Crippen LogP contribution in [-0.2, 0) is 10.0 Å². The van der Waals surface area contributed by atoms with Gasteiger partial charge in [-0.25, -0.2) is 8.42 Å². The van der Waals surface area contributed by atoms with Crippen LogP contribution in [0.15, 0.2) is 83.8 Å². The number of benzene rings is 3. The number of allylic oxidation sites excluding steroid dienone is 1. The van der Waals surface area contributed by atoms with Crippen LogP contribution >= 0.6 is 0 Å². The Balaban J connectivity index is 1.80. The van der Waals surface area contributed by atoms with E-state index in [1.807, 2.05) is 0 Å². The molecule has 28 heavy (non-hydrogen) atoms. The Labute approximate surface area is 162 Å². The molecule has 0 heterocycles. The first-order chi connectivity index (χ1) is 13.3. The number of anilines is 1. The molecular formula is C21H17NO5S. The number of nitrogens with one attached hydrogen (secondary N) is 1. The first-order valence-electron chi connectivity index (χ1n) is 8.27. The van der Waals surface area contributed by atoms with E-state index in [0.29, 0.717) is 5.56 Å². The van der Waals surface area contributed by atoms with Crippen LogP contribution in [0, 0.1) is 0 Å². The molecule has 0 saturated carbocycles. The van der Waals surface area contributed by atoms with Gasteiger partial charge in [-0.15, -0.1) is 0 Å². The zero-order valence-corrected chi connectivity index (χ0v) is 15.4. The summed E-state index contributed by atoms with van der Waals surface area (Å²) in [5.74, 6) is -0.457. The van der Waals surface area contributed by atoms with Crippen LogP contribution in [0.1, 0.15) is 15.9 Å². The lowest BCUT2D eigenvalue weighted by Gasteiger charge is -2.09. The number of rotatable bonds is 6. The summed E-state index contributed by atoms with van der Waals surface area (Å²) in [7, 11) is -3.91. The summed E-state index contributed by atoms with van der Waals surface area (Å²) in [6, 6.07) is 17.9. The maximum Gasteiger partial charge on any atom is 0.262 e. The second kappa shape index (κ2) is 7.98. The third-order valence-electron chi connectivity index (χ3n) is 3.88. The summed E-state index contributed by atoms with van der Waals surface area (Å²) < 4.78 is 27.3. The monoisotopic (exact) mass is 395 g/mol. The number of carbonyl (C=O) groups is 1. The molecule has 0 saturated heterocycles. The number of hydrogen-bond acceptors (Lipinski definition) is 5. The molecule has 0 aliphatic heterocycles. The smallest absolute Gasteiger partial charge is 0.262 e. The van der Waals surface area contributed by atoms with Gasteiger partial charge in [-0.2, -0.15) is 0 Å². The first-order valence-corrected chi connectivity index (χ1v) is 9.76. The Morgan fingerprint density at radius 3 is 2.39 bits per heavy atom. The van der Waals surface area contributed by atoms with Crippen molar-refractivity contribution in [2.75, 3.05) is 4.72 Å². The van der Waals surface area contributed by atoms with Crippen LogP contribution in [0.2, 0.25) is 0 Å². The van der Waals surface area contributed by atoms with Crippen molar-refractivity contribution in [3.63, 3.8) is 0 Å². The second-order valence-electron chi connectivity index (χ2n) is 5.94. The number of phenolic OH excluding ortho intramolecular Hbond substituents is 2. The minimum absolute atomic E-state index is 0.0548. The van der Waals surface area contributed by atoms with Gasteiger partial charge >= 0.3 is 0 Å². The molecule has 0 spiro atoms. The Morgan fingerprint density at radius 2 is 1.64 bits per heavy atom. The van der Waals surface area contributed by atoms with E-state index in [0.717, 1.165) is 6.07 Å². The third kappa shape index (κ3) is 4.57. The summed E-state index contributed by atoms with van der Waals surface area (Å²) in [4.78, 5) is 12.3. The van der Waals surface area contributed by atoms with Gasteiger partial charge < -0.3 is 10.2 Å². The highest BCUT2D eigenvalue weighted by Gasteiger charge is 2.15. The molecule has 0 aliphatic rings. The van der Waals surface area contributed by atoms with Crippen molar-refractivity contribution in [2.45, 2.75) is 4.90 Å². The molecule has 0 unspecified atom stereocenters. The molecule has 0 amide bonds. The highest BCUT2D eigenvalue weighted by atomic mass is 32.2. The number of carbonyl (C=O) groups excluding carboxylic acids is 1. The van der Waals surface area contributed by atoms with Gasteiger partial charge in [-0.1, -0.05) is 36.4 Å². The molecule has 0 radical (unpaired) electrons. The molecular weight excluding hydrogens is 378 g/mol. The van der Waals surface area contributed by atoms with E-state index in [1.54, 1.807) is 30.3 Å². The standard InChI is InChI=1S/C21H17NO5S/c23-18-8-4-9-19(14-18)28(26,27)22-17-7-3-6-16(13-17)21(25)12-11-15-5-1-2-10-20(15)24/h1-14,22-24H/b12-11+. The Kier molecular flexibility index (Phi) is 5.47. The molecule has 0 aromatic heterocycles. The molecule has 3 aromatic rings. The number of para-hydroxylation sites is 1. The van der Waals surface area contributed by atoms with Crippen molar-refractivity contribution in [3.05, 3.63) is 90.0 Å². The van der Waals surface area contributed by atoms with Gasteiger partial charge in [0.15, 0.2) is 5.78 Å². The molecule has 3 aromatic carbocycles. The Morgan fingerprint density at radius 1 is 0.893 bits per heavy atom. The van der Waals surface area contributed by atoms with E-state index >= 15 is 0 Å². The minimum Gasteiger partial charge on any atom is -0.508 e. The van der Waals surface area contributed by atoms with Crippen molar-refractivity contribution in [3.8, 4) is 11.5 Å². The van der Waals surface area contributed by atoms with E-state index in [4.69, 9.17) is 0 Å². The lowest BCUT2D eigenvalue weighted by Crippen LogP contribution is -2.13. The second-order valence-corrected chi connectivity index (χ2v) is 7.62. The summed E-state index contributed by atoms with van der Waals surface area (Å²) in [5, 5.41) is 19.2. The lowest BCUT2D eigenvalue weighted by molar-refractivity contribution is 0.104. The summed E-state index contributed by atoms with van der Waals surface area (Å²) >= 11 is 0. The van der Waals surface area contributed by atoms with E-state index in [1.165, 1.54) is 48.6 Å². The number of phenols is 2. The fourth-order valence-electron chi connectivity index (χ4n) is 2.49. The highest BCUT2D eigenvalue weighted by molar-refractivity contribution is 7.92. The van der Waals surface area contributed by atoms with Crippen LogP contribution in [0.3, 0.4) is 0 Å². The average molecular weight is 395 g/mol. The van der Waals surface area contributed by atoms with Crippen molar-refractivity contribution >= 4 is 27.6 Å². The zero-order valence-electron chi connectivity index (χ0n) is 14.6. The van der Waals surface area contributed by atoms with E-state index in [2.05, 4.69) is 4.72 Å². The summed E-state index contributed by atoms with van der Waals surface area (Å²) in [6.07, 6.45) is 2.79. The predicted molar refractivity (Wildman–Crippen MR) is 107 cm³/mol. The molecule has 0 aliphatic carbocycles. The van der Waals surface area contributed by atoms with E-state index in [9.17, 15) is 23.4 Å². The van der Waals surface area contributed by atoms with Crippen molar-refractivity contribution in [1.82, 2.24) is 0 Å². The molecule has 7 heteroatoms. The maximum absolute atomic E-state index is 12.4. The fraction of sp³-hybridized carbons (Fsp3) is 0. The van der Waals surface area contributed by atoms with Gasteiger partial charge in [0.25, 0.3) is 10.0 Å². The van der Waals surface area contributed by atoms with Gasteiger partial charge in [-0.3, -0.25) is 9.52 Å². The van der Waals surface area contributed by atoms with Crippen molar-refractivity contribution in [1.29, 1.82) is 0 Å². The molecule has 3 N–H and O–H groups in total. The van der Waals surface area contributed by atoms with Gasteiger partial charge in [0.05, 0.1) is 4.90 Å². The maximum atomic E-state index is 12.4. The zero-order chi connectivity index (χ0) is 20.1. The molecule has 0 atom stereocenters. The minimum atomic E-state index is -3.91. The van der Waals surface area contributed by atoms with Gasteiger partial charge in [0.2, 0.25) is 0 Å². The number of aromatic hydroxyl groups is 2. The highest BCUT2D eigenvalue weighted by Crippen LogP contribution is 2.21. The van der Waals surface area contributed by atoms with E-state index < -0.39 is 10.0 Å². The number of hydrogen-bond donors (Lipinski definition) is 3. The Hall–Kier alpha value is -3.58. The van der Waals surface area contributed by atoms with Crippen LogP contribution in [0.5, 0.6) is 11.5 Å².